The fraction of sp³-hybridized carbons (Fsp3) is 0. The van der Waals surface area contributed by atoms with E-state index >= 15 is 0 Å². The number of nitrogen functional groups attached to an aromatic ring is 2. The van der Waals surface area contributed by atoms with Gasteiger partial charge in [0.25, 0.3) is 20.2 Å². The molecule has 0 saturated heterocycles. The fourth-order valence-corrected chi connectivity index (χ4v) is 9.64. The van der Waals surface area contributed by atoms with Crippen LogP contribution in [-0.4, -0.2) is 75.0 Å². The quantitative estimate of drug-likeness (QED) is 0.0539. The molecular formula is C40H26N4Na2O16S4. The van der Waals surface area contributed by atoms with Crippen molar-refractivity contribution in [2.75, 3.05) is 22.1 Å². The van der Waals surface area contributed by atoms with Gasteiger partial charge in [-0.15, -0.1) is 0 Å². The third kappa shape index (κ3) is 9.65. The maximum Gasteiger partial charge on any atom is 1.00 e. The summed E-state index contributed by atoms with van der Waals surface area (Å²) in [6.45, 7) is 0. The molecule has 0 spiro atoms. The first-order valence-electron chi connectivity index (χ1n) is 17.7. The number of carbonyl (C=O) groups is 4. The Morgan fingerprint density at radius 3 is 0.924 bits per heavy atom. The number of nitrogens with two attached hydrogens (primary N) is 2. The average molecular weight is 993 g/mol. The molecule has 0 aliphatic heterocycles. The summed E-state index contributed by atoms with van der Waals surface area (Å²) in [5.41, 5.74) is 7.54. The van der Waals surface area contributed by atoms with Gasteiger partial charge in [-0.05, 0) is 36.4 Å². The number of nitrogens with one attached hydrogen (secondary N) is 2. The molecule has 0 amide bonds. The van der Waals surface area contributed by atoms with E-state index in [4.69, 9.17) is 11.5 Å². The molecule has 0 aromatic heterocycles. The molecule has 0 bridgehead atoms. The van der Waals surface area contributed by atoms with E-state index in [2.05, 4.69) is 10.6 Å². The first kappa shape index (κ1) is 51.8. The number of hydrogen-bond donors (Lipinski definition) is 6. The van der Waals surface area contributed by atoms with E-state index in [1.807, 2.05) is 0 Å². The molecule has 0 atom stereocenters. The van der Waals surface area contributed by atoms with Crippen LogP contribution in [-0.2, 0) is 40.5 Å². The Hall–Kier alpha value is -5.16. The van der Waals surface area contributed by atoms with Gasteiger partial charge in [0.15, 0.2) is 23.1 Å². The minimum absolute atomic E-state index is 0. The molecule has 0 fully saturated rings. The van der Waals surface area contributed by atoms with Crippen LogP contribution in [0.3, 0.4) is 0 Å². The second-order valence-corrected chi connectivity index (χ2v) is 19.2. The molecule has 6 aromatic rings. The third-order valence-electron chi connectivity index (χ3n) is 9.81. The molecule has 6 aromatic carbocycles. The largest absolute Gasteiger partial charge is 1.00 e. The zero-order valence-electron chi connectivity index (χ0n) is 33.8. The Labute approximate surface area is 419 Å². The summed E-state index contributed by atoms with van der Waals surface area (Å²) in [6, 6.07) is 23.1. The van der Waals surface area contributed by atoms with Gasteiger partial charge in [-0.2, -0.15) is 16.8 Å². The summed E-state index contributed by atoms with van der Waals surface area (Å²) in [5, 5.41) is 5.12. The van der Waals surface area contributed by atoms with Gasteiger partial charge in [-0.3, -0.25) is 28.3 Å². The molecule has 0 unspecified atom stereocenters. The zero-order valence-corrected chi connectivity index (χ0v) is 41.1. The first-order valence-corrected chi connectivity index (χ1v) is 23.4. The number of carbonyl (C=O) groups excluding carboxylic acids is 4. The SMILES string of the molecule is Nc1c(S(=O)(=O)[O-])cc(Nc2ccccc2S(=O)(=O)O)c2c1C(=O)c1ccccc1C2=O.Nc1c(S(=O)(=O)[O-])cc(Nc2ccccc2S(=O)(=O)O)c2c1C(=O)c1ccccc1C2=O.[Na+].[Na+]. The average Bonchev–Trinajstić information content (AvgIpc) is 3.22. The number of ketones is 4. The van der Waals surface area contributed by atoms with Gasteiger partial charge < -0.3 is 31.2 Å². The van der Waals surface area contributed by atoms with Crippen LogP contribution in [0.15, 0.2) is 129 Å². The van der Waals surface area contributed by atoms with Crippen molar-refractivity contribution in [2.24, 2.45) is 0 Å². The van der Waals surface area contributed by atoms with Crippen LogP contribution >= 0.6 is 0 Å². The molecule has 66 heavy (non-hydrogen) atoms. The van der Waals surface area contributed by atoms with Crippen molar-refractivity contribution in [3.8, 4) is 0 Å². The van der Waals surface area contributed by atoms with Crippen molar-refractivity contribution in [3.05, 3.63) is 154 Å². The van der Waals surface area contributed by atoms with Gasteiger partial charge in [0, 0.05) is 22.3 Å². The summed E-state index contributed by atoms with van der Waals surface area (Å²) < 4.78 is 137. The Morgan fingerprint density at radius 1 is 0.394 bits per heavy atom. The van der Waals surface area contributed by atoms with Crippen LogP contribution in [0, 0.1) is 0 Å². The van der Waals surface area contributed by atoms with Crippen molar-refractivity contribution >= 4 is 97.7 Å². The van der Waals surface area contributed by atoms with Gasteiger partial charge >= 0.3 is 59.1 Å². The predicted molar refractivity (Wildman–Crippen MR) is 223 cm³/mol. The number of benzene rings is 6. The monoisotopic (exact) mass is 992 g/mol. The zero-order chi connectivity index (χ0) is 46.8. The minimum Gasteiger partial charge on any atom is -0.744 e. The van der Waals surface area contributed by atoms with E-state index in [-0.39, 0.29) is 115 Å². The summed E-state index contributed by atoms with van der Waals surface area (Å²) in [6.07, 6.45) is 0. The van der Waals surface area contributed by atoms with E-state index in [0.29, 0.717) is 0 Å². The molecule has 2 aliphatic rings. The normalized spacial score (nSPS) is 13.0. The van der Waals surface area contributed by atoms with Crippen LogP contribution in [0.5, 0.6) is 0 Å². The molecule has 8 N–H and O–H groups in total. The number of fused-ring (bicyclic) bond motifs is 4. The molecular weight excluding hydrogens is 967 g/mol. The molecule has 0 heterocycles. The Kier molecular flexibility index (Phi) is 14.8. The standard InChI is InChI=1S/2C20H14N2O8S2.2Na/c2*21-18-15(32(28,29)30)9-13(22-12-7-3-4-8-14(12)31(25,26)27)16-17(18)20(24)11-6-2-1-5-10(11)19(16)23;;/h2*1-9,22H,21H2,(H,25,26,27)(H,28,29,30);;/q;;2*+1/p-2. The maximum atomic E-state index is 13.2. The van der Waals surface area contributed by atoms with Crippen LogP contribution < -0.4 is 81.2 Å². The van der Waals surface area contributed by atoms with E-state index in [0.717, 1.165) is 24.3 Å². The summed E-state index contributed by atoms with van der Waals surface area (Å²) in [4.78, 5) is 49.6. The van der Waals surface area contributed by atoms with Crippen LogP contribution in [0.2, 0.25) is 0 Å². The molecule has 0 saturated carbocycles. The molecule has 20 nitrogen and oxygen atoms in total. The summed E-state index contributed by atoms with van der Waals surface area (Å²) in [7, 11) is -19.8. The Morgan fingerprint density at radius 2 is 0.652 bits per heavy atom. The second kappa shape index (κ2) is 18.8. The molecule has 328 valence electrons. The molecule has 2 aliphatic carbocycles. The van der Waals surface area contributed by atoms with Crippen molar-refractivity contribution in [2.45, 2.75) is 19.6 Å². The van der Waals surface area contributed by atoms with E-state index in [9.17, 15) is 71.1 Å². The Balaban J connectivity index is 0.000000240. The van der Waals surface area contributed by atoms with Crippen molar-refractivity contribution < 1.29 is 130 Å². The Bertz CT molecular complexity index is 3330. The molecule has 26 heteroatoms. The van der Waals surface area contributed by atoms with Crippen molar-refractivity contribution in [1.29, 1.82) is 0 Å². The van der Waals surface area contributed by atoms with E-state index in [1.54, 1.807) is 0 Å². The minimum atomic E-state index is -5.18. The van der Waals surface area contributed by atoms with Crippen LogP contribution in [0.4, 0.5) is 34.1 Å². The summed E-state index contributed by atoms with van der Waals surface area (Å²) in [5.74, 6) is -2.93. The van der Waals surface area contributed by atoms with Gasteiger partial charge in [-0.25, -0.2) is 16.8 Å². The van der Waals surface area contributed by atoms with Gasteiger partial charge in [0.2, 0.25) is 0 Å². The maximum absolute atomic E-state index is 13.2. The molecule has 8 rings (SSSR count). The fourth-order valence-electron chi connectivity index (χ4n) is 7.08. The van der Waals surface area contributed by atoms with Crippen molar-refractivity contribution in [3.63, 3.8) is 0 Å². The number of rotatable bonds is 8. The second-order valence-electron chi connectivity index (χ2n) is 13.7. The third-order valence-corrected chi connectivity index (χ3v) is 13.4. The van der Waals surface area contributed by atoms with E-state index < -0.39 is 106 Å². The number of anilines is 6. The topological polar surface area (TPSA) is 368 Å². The van der Waals surface area contributed by atoms with E-state index in [1.165, 1.54) is 84.9 Å². The number of para-hydroxylation sites is 2. The van der Waals surface area contributed by atoms with Gasteiger partial charge in [-0.1, -0.05) is 72.8 Å². The van der Waals surface area contributed by atoms with Crippen LogP contribution in [0.25, 0.3) is 0 Å². The van der Waals surface area contributed by atoms with Gasteiger partial charge in [0.05, 0.1) is 66.2 Å². The first-order chi connectivity index (χ1) is 29.8. The predicted octanol–water partition coefficient (Wildman–Crippen LogP) is -2.11. The smallest absolute Gasteiger partial charge is 0.744 e. The molecule has 0 radical (unpaired) electrons. The van der Waals surface area contributed by atoms with Gasteiger partial charge in [0.1, 0.15) is 30.0 Å². The van der Waals surface area contributed by atoms with Crippen LogP contribution in [0.1, 0.15) is 63.7 Å². The summed E-state index contributed by atoms with van der Waals surface area (Å²) >= 11 is 0. The van der Waals surface area contributed by atoms with Crippen molar-refractivity contribution in [1.82, 2.24) is 0 Å². The number of hydrogen-bond acceptors (Lipinski definition) is 18.